The molecule has 0 bridgehead atoms. The van der Waals surface area contributed by atoms with Crippen molar-refractivity contribution >= 4 is 48.5 Å². The van der Waals surface area contributed by atoms with Crippen LogP contribution >= 0.6 is 27.3 Å². The van der Waals surface area contributed by atoms with Crippen LogP contribution in [0.1, 0.15) is 19.8 Å². The molecule has 0 fully saturated rings. The molecule has 1 heterocycles. The second-order valence-electron chi connectivity index (χ2n) is 4.10. The lowest BCUT2D eigenvalue weighted by Gasteiger charge is -2.06. The van der Waals surface area contributed by atoms with E-state index >= 15 is 0 Å². The Labute approximate surface area is 124 Å². The minimum Gasteiger partial charge on any atom is -0.497 e. The largest absolute Gasteiger partial charge is 0.497 e. The number of hydrogen-bond donors (Lipinski definition) is 1. The Morgan fingerprint density at radius 2 is 2.37 bits per heavy atom. The van der Waals surface area contributed by atoms with Crippen LogP contribution in [0.15, 0.2) is 18.2 Å². The van der Waals surface area contributed by atoms with E-state index < -0.39 is 0 Å². The van der Waals surface area contributed by atoms with Gasteiger partial charge in [-0.05, 0) is 24.6 Å². The summed E-state index contributed by atoms with van der Waals surface area (Å²) in [6, 6.07) is 5.66. The third-order valence-electron chi connectivity index (χ3n) is 2.65. The van der Waals surface area contributed by atoms with E-state index in [0.29, 0.717) is 5.13 Å². The second kappa shape index (κ2) is 6.34. The van der Waals surface area contributed by atoms with E-state index in [1.807, 2.05) is 25.1 Å². The number of aromatic nitrogens is 1. The van der Waals surface area contributed by atoms with Gasteiger partial charge in [-0.3, -0.25) is 4.79 Å². The van der Waals surface area contributed by atoms with Gasteiger partial charge in [0.25, 0.3) is 0 Å². The van der Waals surface area contributed by atoms with Gasteiger partial charge in [0.2, 0.25) is 5.91 Å². The van der Waals surface area contributed by atoms with E-state index in [-0.39, 0.29) is 10.7 Å². The lowest BCUT2D eigenvalue weighted by Crippen LogP contribution is -2.22. The predicted octanol–water partition coefficient (Wildman–Crippen LogP) is 3.81. The molecule has 0 saturated carbocycles. The van der Waals surface area contributed by atoms with Gasteiger partial charge in [-0.25, -0.2) is 4.98 Å². The Morgan fingerprint density at radius 3 is 3.05 bits per heavy atom. The summed E-state index contributed by atoms with van der Waals surface area (Å²) in [6.07, 6.45) is 1.77. The van der Waals surface area contributed by atoms with Gasteiger partial charge in [0, 0.05) is 0 Å². The Hall–Kier alpha value is -1.14. The van der Waals surface area contributed by atoms with Crippen molar-refractivity contribution in [2.45, 2.75) is 24.6 Å². The number of carbonyl (C=O) groups is 1. The fraction of sp³-hybridized carbons (Fsp3) is 0.385. The standard InChI is InChI=1S/C13H15BrN2O2S/c1-3-4-9(14)12(17)16-13-15-10-6-5-8(18-2)7-11(10)19-13/h5-7,9H,3-4H2,1-2H3,(H,15,16,17)/t9-/m1/s1. The van der Waals surface area contributed by atoms with E-state index in [1.54, 1.807) is 7.11 Å². The first-order valence-electron chi connectivity index (χ1n) is 6.03. The number of methoxy groups -OCH3 is 1. The maximum absolute atomic E-state index is 11.9. The number of fused-ring (bicyclic) bond motifs is 1. The van der Waals surface area contributed by atoms with Crippen LogP contribution in [0.4, 0.5) is 5.13 Å². The summed E-state index contributed by atoms with van der Waals surface area (Å²) in [6.45, 7) is 2.05. The van der Waals surface area contributed by atoms with Gasteiger partial charge in [-0.1, -0.05) is 40.6 Å². The molecule has 1 aromatic heterocycles. The third-order valence-corrected chi connectivity index (χ3v) is 4.46. The molecule has 0 spiro atoms. The van der Waals surface area contributed by atoms with E-state index in [1.165, 1.54) is 11.3 Å². The van der Waals surface area contributed by atoms with Gasteiger partial charge in [0.15, 0.2) is 5.13 Å². The Morgan fingerprint density at radius 1 is 1.58 bits per heavy atom. The molecule has 1 atom stereocenters. The van der Waals surface area contributed by atoms with Crippen LogP contribution in [-0.4, -0.2) is 22.8 Å². The predicted molar refractivity (Wildman–Crippen MR) is 82.4 cm³/mol. The lowest BCUT2D eigenvalue weighted by atomic mass is 10.2. The fourth-order valence-electron chi connectivity index (χ4n) is 1.65. The number of amides is 1. The molecule has 0 radical (unpaired) electrons. The number of nitrogens with one attached hydrogen (secondary N) is 1. The molecule has 2 aromatic rings. The molecule has 0 aliphatic rings. The Balaban J connectivity index is 2.15. The molecule has 6 heteroatoms. The first-order chi connectivity index (χ1) is 9.13. The highest BCUT2D eigenvalue weighted by molar-refractivity contribution is 9.10. The first kappa shape index (κ1) is 14.3. The Kier molecular flexibility index (Phi) is 4.76. The maximum Gasteiger partial charge on any atom is 0.239 e. The average Bonchev–Trinajstić information content (AvgIpc) is 2.79. The summed E-state index contributed by atoms with van der Waals surface area (Å²) in [5.41, 5.74) is 0.864. The first-order valence-corrected chi connectivity index (χ1v) is 7.76. The number of rotatable bonds is 5. The molecular formula is C13H15BrN2O2S. The fourth-order valence-corrected chi connectivity index (χ4v) is 3.12. The highest BCUT2D eigenvalue weighted by Gasteiger charge is 2.15. The average molecular weight is 343 g/mol. The smallest absolute Gasteiger partial charge is 0.239 e. The summed E-state index contributed by atoms with van der Waals surface area (Å²) in [5.74, 6) is 0.742. The van der Waals surface area contributed by atoms with E-state index in [4.69, 9.17) is 4.74 Å². The van der Waals surface area contributed by atoms with Crippen molar-refractivity contribution in [3.8, 4) is 5.75 Å². The topological polar surface area (TPSA) is 51.2 Å². The van der Waals surface area contributed by atoms with Crippen molar-refractivity contribution in [2.24, 2.45) is 0 Å². The number of benzene rings is 1. The van der Waals surface area contributed by atoms with Gasteiger partial charge >= 0.3 is 0 Å². The van der Waals surface area contributed by atoms with Crippen molar-refractivity contribution in [1.82, 2.24) is 4.98 Å². The normalized spacial score (nSPS) is 12.4. The third kappa shape index (κ3) is 3.45. The number of anilines is 1. The van der Waals surface area contributed by atoms with Crippen LogP contribution in [0.2, 0.25) is 0 Å². The Bertz CT molecular complexity index is 585. The van der Waals surface area contributed by atoms with Crippen molar-refractivity contribution in [2.75, 3.05) is 12.4 Å². The van der Waals surface area contributed by atoms with Crippen LogP contribution in [0, 0.1) is 0 Å². The van der Waals surface area contributed by atoms with Gasteiger partial charge < -0.3 is 10.1 Å². The van der Waals surface area contributed by atoms with Crippen molar-refractivity contribution in [3.63, 3.8) is 0 Å². The molecule has 102 valence electrons. The minimum absolute atomic E-state index is 0.0483. The maximum atomic E-state index is 11.9. The van der Waals surface area contributed by atoms with E-state index in [9.17, 15) is 4.79 Å². The number of carbonyl (C=O) groups excluding carboxylic acids is 1. The summed E-state index contributed by atoms with van der Waals surface area (Å²) < 4.78 is 6.16. The summed E-state index contributed by atoms with van der Waals surface area (Å²) in [5, 5.41) is 3.45. The van der Waals surface area contributed by atoms with Crippen LogP contribution in [-0.2, 0) is 4.79 Å². The molecule has 0 saturated heterocycles. The van der Waals surface area contributed by atoms with Crippen LogP contribution in [0.5, 0.6) is 5.75 Å². The quantitative estimate of drug-likeness (QED) is 0.840. The summed E-state index contributed by atoms with van der Waals surface area (Å²) >= 11 is 4.82. The molecule has 2 rings (SSSR count). The van der Waals surface area contributed by atoms with Crippen LogP contribution in [0.3, 0.4) is 0 Å². The number of ether oxygens (including phenoxy) is 1. The molecule has 0 unspecified atom stereocenters. The monoisotopic (exact) mass is 342 g/mol. The molecule has 1 aromatic carbocycles. The van der Waals surface area contributed by atoms with Gasteiger partial charge in [-0.2, -0.15) is 0 Å². The van der Waals surface area contributed by atoms with Crippen LogP contribution in [0.25, 0.3) is 10.2 Å². The number of nitrogens with zero attached hydrogens (tertiary/aromatic N) is 1. The van der Waals surface area contributed by atoms with Crippen LogP contribution < -0.4 is 10.1 Å². The molecule has 4 nitrogen and oxygen atoms in total. The zero-order chi connectivity index (χ0) is 13.8. The summed E-state index contributed by atoms with van der Waals surface area (Å²) in [7, 11) is 1.63. The van der Waals surface area contributed by atoms with Gasteiger partial charge in [0.05, 0.1) is 22.2 Å². The van der Waals surface area contributed by atoms with Crippen molar-refractivity contribution in [1.29, 1.82) is 0 Å². The number of thiazole rings is 1. The van der Waals surface area contributed by atoms with E-state index in [2.05, 4.69) is 26.2 Å². The second-order valence-corrected chi connectivity index (χ2v) is 6.23. The molecule has 1 amide bonds. The number of hydrogen-bond acceptors (Lipinski definition) is 4. The lowest BCUT2D eigenvalue weighted by molar-refractivity contribution is -0.115. The molecular weight excluding hydrogens is 328 g/mol. The van der Waals surface area contributed by atoms with Crippen molar-refractivity contribution in [3.05, 3.63) is 18.2 Å². The molecule has 0 aliphatic carbocycles. The van der Waals surface area contributed by atoms with E-state index in [0.717, 1.165) is 28.8 Å². The summed E-state index contributed by atoms with van der Waals surface area (Å²) in [4.78, 5) is 16.1. The van der Waals surface area contributed by atoms with Gasteiger partial charge in [0.1, 0.15) is 5.75 Å². The minimum atomic E-state index is -0.168. The van der Waals surface area contributed by atoms with Crippen molar-refractivity contribution < 1.29 is 9.53 Å². The highest BCUT2D eigenvalue weighted by Crippen LogP contribution is 2.29. The zero-order valence-electron chi connectivity index (χ0n) is 10.8. The zero-order valence-corrected chi connectivity index (χ0v) is 13.2. The number of halogens is 1. The molecule has 19 heavy (non-hydrogen) atoms. The molecule has 1 N–H and O–H groups in total. The number of alkyl halides is 1. The molecule has 0 aliphatic heterocycles. The van der Waals surface area contributed by atoms with Gasteiger partial charge in [-0.15, -0.1) is 0 Å². The SMILES string of the molecule is CCC[C@@H](Br)C(=O)Nc1nc2ccc(OC)cc2s1. The highest BCUT2D eigenvalue weighted by atomic mass is 79.9.